The van der Waals surface area contributed by atoms with Gasteiger partial charge < -0.3 is 18.9 Å². The maximum absolute atomic E-state index is 12.3. The third-order valence-corrected chi connectivity index (χ3v) is 5.63. The number of benzene rings is 2. The second-order valence-corrected chi connectivity index (χ2v) is 7.97. The number of rotatable bonds is 10. The van der Waals surface area contributed by atoms with Crippen molar-refractivity contribution in [3.05, 3.63) is 53.6 Å². The maximum Gasteiger partial charge on any atom is 0.338 e. The largest absolute Gasteiger partial charge is 0.497 e. The van der Waals surface area contributed by atoms with E-state index < -0.39 is 16.0 Å². The van der Waals surface area contributed by atoms with E-state index in [2.05, 4.69) is 4.72 Å². The highest BCUT2D eigenvalue weighted by Gasteiger charge is 2.18. The molecule has 0 aliphatic rings. The van der Waals surface area contributed by atoms with Crippen LogP contribution in [-0.4, -0.2) is 48.4 Å². The lowest BCUT2D eigenvalue weighted by Gasteiger charge is -2.13. The van der Waals surface area contributed by atoms with Crippen LogP contribution in [0.3, 0.4) is 0 Å². The van der Waals surface area contributed by atoms with Crippen molar-refractivity contribution >= 4 is 16.0 Å². The van der Waals surface area contributed by atoms with Gasteiger partial charge in [-0.2, -0.15) is 0 Å². The summed E-state index contributed by atoms with van der Waals surface area (Å²) in [5.41, 5.74) is 0.881. The molecule has 158 valence electrons. The minimum absolute atomic E-state index is 0.0185. The van der Waals surface area contributed by atoms with Gasteiger partial charge in [-0.1, -0.05) is 0 Å². The summed E-state index contributed by atoms with van der Waals surface area (Å²) in [4.78, 5) is 12.4. The number of ether oxygens (including phenoxy) is 4. The van der Waals surface area contributed by atoms with Crippen molar-refractivity contribution in [2.75, 3.05) is 27.9 Å². The molecule has 0 spiro atoms. The Morgan fingerprint density at radius 2 is 1.72 bits per heavy atom. The van der Waals surface area contributed by atoms with Crippen LogP contribution in [0.4, 0.5) is 0 Å². The fraction of sp³-hybridized carbons (Fsp3) is 0.350. The first-order valence-corrected chi connectivity index (χ1v) is 10.3. The number of esters is 1. The smallest absolute Gasteiger partial charge is 0.338 e. The fourth-order valence-corrected chi connectivity index (χ4v) is 3.84. The Morgan fingerprint density at radius 1 is 1.03 bits per heavy atom. The second kappa shape index (κ2) is 10.2. The number of methoxy groups -OCH3 is 3. The second-order valence-electron chi connectivity index (χ2n) is 6.26. The zero-order valence-electron chi connectivity index (χ0n) is 16.8. The summed E-state index contributed by atoms with van der Waals surface area (Å²) in [5.74, 6) is 0.595. The van der Waals surface area contributed by atoms with Crippen LogP contribution in [-0.2, 0) is 26.1 Å². The highest BCUT2D eigenvalue weighted by molar-refractivity contribution is 7.89. The Bertz CT molecular complexity index is 926. The lowest BCUT2D eigenvalue weighted by molar-refractivity contribution is 0.0469. The molecule has 0 radical (unpaired) electrons. The van der Waals surface area contributed by atoms with Crippen molar-refractivity contribution in [2.24, 2.45) is 0 Å². The van der Waals surface area contributed by atoms with Crippen molar-refractivity contribution in [3.63, 3.8) is 0 Å². The predicted molar refractivity (Wildman–Crippen MR) is 107 cm³/mol. The average molecular weight is 423 g/mol. The van der Waals surface area contributed by atoms with Crippen LogP contribution in [0.25, 0.3) is 0 Å². The molecular weight excluding hydrogens is 398 g/mol. The van der Waals surface area contributed by atoms with Crippen LogP contribution in [0.2, 0.25) is 0 Å². The monoisotopic (exact) mass is 423 g/mol. The number of carbonyl (C=O) groups excluding carboxylic acids is 1. The van der Waals surface area contributed by atoms with Gasteiger partial charge in [-0.05, 0) is 49.4 Å². The van der Waals surface area contributed by atoms with Gasteiger partial charge in [-0.25, -0.2) is 17.9 Å². The maximum atomic E-state index is 12.3. The van der Waals surface area contributed by atoms with E-state index in [4.69, 9.17) is 18.9 Å². The molecule has 0 aromatic heterocycles. The highest BCUT2D eigenvalue weighted by atomic mass is 32.2. The summed E-state index contributed by atoms with van der Waals surface area (Å²) in [6.07, 6.45) is 0. The van der Waals surface area contributed by atoms with Gasteiger partial charge in [0, 0.05) is 18.7 Å². The van der Waals surface area contributed by atoms with Gasteiger partial charge >= 0.3 is 5.97 Å². The minimum Gasteiger partial charge on any atom is -0.497 e. The summed E-state index contributed by atoms with van der Waals surface area (Å²) in [6.45, 7) is 1.92. The molecule has 0 heterocycles. The van der Waals surface area contributed by atoms with Crippen molar-refractivity contribution in [2.45, 2.75) is 24.5 Å². The lowest BCUT2D eigenvalue weighted by Crippen LogP contribution is -2.35. The van der Waals surface area contributed by atoms with Crippen molar-refractivity contribution in [1.82, 2.24) is 4.72 Å². The van der Waals surface area contributed by atoms with Crippen LogP contribution >= 0.6 is 0 Å². The standard InChI is InChI=1S/C20H25NO7S/c1-14(12-25-2)21-29(23,24)18-8-5-15(6-9-18)20(22)28-13-16-11-17(26-3)7-10-19(16)27-4/h5-11,14,21H,12-13H2,1-4H3/t14-/m1/s1. The molecule has 1 N–H and O–H groups in total. The molecule has 0 amide bonds. The molecule has 2 rings (SSSR count). The SMILES string of the molecule is COC[C@@H](C)NS(=O)(=O)c1ccc(C(=O)OCc2cc(OC)ccc2OC)cc1. The first kappa shape index (κ1) is 22.7. The van der Waals surface area contributed by atoms with Crippen molar-refractivity contribution < 1.29 is 32.2 Å². The molecule has 0 saturated carbocycles. The van der Waals surface area contributed by atoms with E-state index in [0.29, 0.717) is 17.1 Å². The minimum atomic E-state index is -3.71. The molecule has 0 aliphatic carbocycles. The van der Waals surface area contributed by atoms with Crippen LogP contribution in [0.1, 0.15) is 22.8 Å². The van der Waals surface area contributed by atoms with Crippen LogP contribution < -0.4 is 14.2 Å². The van der Waals surface area contributed by atoms with Crippen LogP contribution in [0.5, 0.6) is 11.5 Å². The zero-order chi connectivity index (χ0) is 21.4. The molecule has 9 heteroatoms. The average Bonchev–Trinajstić information content (AvgIpc) is 2.71. The Kier molecular flexibility index (Phi) is 8.00. The first-order chi connectivity index (χ1) is 13.8. The third kappa shape index (κ3) is 6.18. The van der Waals surface area contributed by atoms with E-state index in [1.807, 2.05) is 0 Å². The lowest BCUT2D eigenvalue weighted by atomic mass is 10.2. The summed E-state index contributed by atoms with van der Waals surface area (Å²) < 4.78 is 47.8. The summed E-state index contributed by atoms with van der Waals surface area (Å²) >= 11 is 0. The van der Waals surface area contributed by atoms with E-state index in [9.17, 15) is 13.2 Å². The molecule has 0 saturated heterocycles. The van der Waals surface area contributed by atoms with Gasteiger partial charge in [0.1, 0.15) is 18.1 Å². The van der Waals surface area contributed by atoms with Crippen molar-refractivity contribution in [3.8, 4) is 11.5 Å². The summed E-state index contributed by atoms with van der Waals surface area (Å²) in [6, 6.07) is 10.3. The molecule has 29 heavy (non-hydrogen) atoms. The third-order valence-electron chi connectivity index (χ3n) is 4.02. The quantitative estimate of drug-likeness (QED) is 0.586. The fourth-order valence-electron chi connectivity index (χ4n) is 2.61. The number of nitrogens with one attached hydrogen (secondary N) is 1. The molecule has 2 aromatic carbocycles. The van der Waals surface area contributed by atoms with Gasteiger partial charge in [0.15, 0.2) is 0 Å². The molecule has 0 fully saturated rings. The number of sulfonamides is 1. The Morgan fingerprint density at radius 3 is 2.31 bits per heavy atom. The van der Waals surface area contributed by atoms with Gasteiger partial charge in [-0.15, -0.1) is 0 Å². The Labute approximate surface area is 170 Å². The van der Waals surface area contributed by atoms with Crippen molar-refractivity contribution in [1.29, 1.82) is 0 Å². The molecule has 2 aromatic rings. The van der Waals surface area contributed by atoms with Gasteiger partial charge in [0.05, 0.1) is 31.3 Å². The topological polar surface area (TPSA) is 100 Å². The first-order valence-electron chi connectivity index (χ1n) is 8.80. The van der Waals surface area contributed by atoms with E-state index in [0.717, 1.165) is 0 Å². The van der Waals surface area contributed by atoms with E-state index >= 15 is 0 Å². The van der Waals surface area contributed by atoms with Gasteiger partial charge in [0.2, 0.25) is 10.0 Å². The summed E-state index contributed by atoms with van der Waals surface area (Å²) in [5, 5.41) is 0. The molecule has 0 aliphatic heterocycles. The highest BCUT2D eigenvalue weighted by Crippen LogP contribution is 2.25. The molecule has 0 unspecified atom stereocenters. The number of hydrogen-bond donors (Lipinski definition) is 1. The molecule has 0 bridgehead atoms. The van der Waals surface area contributed by atoms with Gasteiger partial charge in [-0.3, -0.25) is 0 Å². The van der Waals surface area contributed by atoms with Crippen LogP contribution in [0.15, 0.2) is 47.4 Å². The number of carbonyl (C=O) groups is 1. The Hall–Kier alpha value is -2.62. The van der Waals surface area contributed by atoms with Crippen LogP contribution in [0, 0.1) is 0 Å². The van der Waals surface area contributed by atoms with E-state index in [1.165, 1.54) is 45.6 Å². The number of hydrogen-bond acceptors (Lipinski definition) is 7. The Balaban J connectivity index is 2.06. The predicted octanol–water partition coefficient (Wildman–Crippen LogP) is 2.37. The molecular formula is C20H25NO7S. The van der Waals surface area contributed by atoms with E-state index in [1.54, 1.807) is 25.1 Å². The molecule has 1 atom stereocenters. The zero-order valence-corrected chi connectivity index (χ0v) is 17.6. The van der Waals surface area contributed by atoms with E-state index in [-0.39, 0.29) is 29.7 Å². The summed E-state index contributed by atoms with van der Waals surface area (Å²) in [7, 11) is 0.845. The normalized spacial score (nSPS) is 12.3. The molecule has 8 nitrogen and oxygen atoms in total. The van der Waals surface area contributed by atoms with Gasteiger partial charge in [0.25, 0.3) is 0 Å².